The first kappa shape index (κ1) is 24.2. The van der Waals surface area contributed by atoms with E-state index in [1.807, 2.05) is 12.1 Å². The molecule has 0 fully saturated rings. The molecule has 3 nitrogen and oxygen atoms in total. The van der Waals surface area contributed by atoms with Gasteiger partial charge in [-0.2, -0.15) is 0 Å². The molecule has 42 heavy (non-hydrogen) atoms. The van der Waals surface area contributed by atoms with Crippen LogP contribution < -0.4 is 5.32 Å². The van der Waals surface area contributed by atoms with Gasteiger partial charge in [0.1, 0.15) is 5.82 Å². The molecule has 0 aliphatic rings. The van der Waals surface area contributed by atoms with Crippen LogP contribution in [0.15, 0.2) is 158 Å². The van der Waals surface area contributed by atoms with E-state index in [9.17, 15) is 0 Å². The van der Waals surface area contributed by atoms with Crippen LogP contribution in [0.4, 0.5) is 11.4 Å². The summed E-state index contributed by atoms with van der Waals surface area (Å²) in [6.45, 7) is 0. The van der Waals surface area contributed by atoms with Crippen LogP contribution in [0.3, 0.4) is 0 Å². The summed E-state index contributed by atoms with van der Waals surface area (Å²) in [5.74, 6) is 0.932. The summed E-state index contributed by atoms with van der Waals surface area (Å²) >= 11 is 0. The summed E-state index contributed by atoms with van der Waals surface area (Å²) in [6.07, 6.45) is 0. The Kier molecular flexibility index (Phi) is 5.79. The van der Waals surface area contributed by atoms with Crippen molar-refractivity contribution in [3.05, 3.63) is 158 Å². The van der Waals surface area contributed by atoms with Crippen molar-refractivity contribution < 1.29 is 0 Å². The zero-order valence-electron chi connectivity index (χ0n) is 22.9. The lowest BCUT2D eigenvalue weighted by molar-refractivity contribution is 1.12. The van der Waals surface area contributed by atoms with Gasteiger partial charge in [-0.3, -0.25) is 4.57 Å². The molecule has 1 aromatic heterocycles. The molecule has 7 aromatic carbocycles. The zero-order chi connectivity index (χ0) is 27.9. The molecule has 3 heteroatoms. The van der Waals surface area contributed by atoms with Crippen molar-refractivity contribution in [2.75, 3.05) is 5.32 Å². The van der Waals surface area contributed by atoms with E-state index in [1.54, 1.807) is 0 Å². The lowest BCUT2D eigenvalue weighted by Crippen LogP contribution is -2.00. The number of para-hydroxylation sites is 3. The normalized spacial score (nSPS) is 11.3. The number of anilines is 2. The van der Waals surface area contributed by atoms with Crippen molar-refractivity contribution in [1.82, 2.24) is 9.55 Å². The van der Waals surface area contributed by atoms with Crippen LogP contribution in [-0.2, 0) is 0 Å². The van der Waals surface area contributed by atoms with Crippen LogP contribution in [0.5, 0.6) is 0 Å². The average Bonchev–Trinajstić information content (AvgIpc) is 3.44. The molecule has 1 N–H and O–H groups in total. The van der Waals surface area contributed by atoms with Crippen molar-refractivity contribution in [3.8, 4) is 28.2 Å². The fourth-order valence-corrected chi connectivity index (χ4v) is 6.10. The molecule has 0 saturated carbocycles. The fraction of sp³-hybridized carbons (Fsp3) is 0. The van der Waals surface area contributed by atoms with Crippen molar-refractivity contribution in [1.29, 1.82) is 0 Å². The summed E-state index contributed by atoms with van der Waals surface area (Å²) in [6, 6.07) is 55.5. The number of rotatable bonds is 5. The van der Waals surface area contributed by atoms with Crippen LogP contribution in [0.25, 0.3) is 60.8 Å². The molecule has 8 aromatic rings. The van der Waals surface area contributed by atoms with Crippen molar-refractivity contribution >= 4 is 44.0 Å². The SMILES string of the molecule is c1ccc(Nc2cccc3c(-c4ccccc4)c4cccc(-n5c(-c6ccccc6)nc6ccccc65)c4cc23)cc1. The molecular weight excluding hydrogens is 510 g/mol. The molecular formula is C39H27N3. The van der Waals surface area contributed by atoms with E-state index in [2.05, 4.69) is 155 Å². The fourth-order valence-electron chi connectivity index (χ4n) is 6.10. The smallest absolute Gasteiger partial charge is 0.145 e. The van der Waals surface area contributed by atoms with Crippen molar-refractivity contribution in [3.63, 3.8) is 0 Å². The number of benzene rings is 7. The van der Waals surface area contributed by atoms with Gasteiger partial charge in [0.05, 0.1) is 16.7 Å². The van der Waals surface area contributed by atoms with E-state index in [0.29, 0.717) is 0 Å². The van der Waals surface area contributed by atoms with Gasteiger partial charge >= 0.3 is 0 Å². The third-order valence-electron chi connectivity index (χ3n) is 7.97. The van der Waals surface area contributed by atoms with Gasteiger partial charge in [0.25, 0.3) is 0 Å². The largest absolute Gasteiger partial charge is 0.355 e. The zero-order valence-corrected chi connectivity index (χ0v) is 22.9. The first-order chi connectivity index (χ1) is 20.8. The molecule has 8 rings (SSSR count). The first-order valence-electron chi connectivity index (χ1n) is 14.2. The number of aromatic nitrogens is 2. The molecule has 0 atom stereocenters. The third-order valence-corrected chi connectivity index (χ3v) is 7.97. The van der Waals surface area contributed by atoms with Gasteiger partial charge in [-0.25, -0.2) is 4.98 Å². The molecule has 0 aliphatic heterocycles. The topological polar surface area (TPSA) is 29.9 Å². The van der Waals surface area contributed by atoms with Crippen molar-refractivity contribution in [2.45, 2.75) is 0 Å². The van der Waals surface area contributed by atoms with E-state index in [0.717, 1.165) is 39.5 Å². The minimum absolute atomic E-state index is 0.932. The number of nitrogens with one attached hydrogen (secondary N) is 1. The highest BCUT2D eigenvalue weighted by Crippen LogP contribution is 2.42. The van der Waals surface area contributed by atoms with Crippen LogP contribution in [0, 0.1) is 0 Å². The maximum Gasteiger partial charge on any atom is 0.145 e. The van der Waals surface area contributed by atoms with E-state index >= 15 is 0 Å². The first-order valence-corrected chi connectivity index (χ1v) is 14.2. The molecule has 0 unspecified atom stereocenters. The van der Waals surface area contributed by atoms with Crippen LogP contribution in [0.1, 0.15) is 0 Å². The van der Waals surface area contributed by atoms with E-state index in [4.69, 9.17) is 4.98 Å². The summed E-state index contributed by atoms with van der Waals surface area (Å²) in [4.78, 5) is 5.13. The minimum atomic E-state index is 0.932. The summed E-state index contributed by atoms with van der Waals surface area (Å²) < 4.78 is 2.32. The number of imidazole rings is 1. The number of hydrogen-bond acceptors (Lipinski definition) is 2. The highest BCUT2D eigenvalue weighted by Gasteiger charge is 2.19. The molecule has 0 radical (unpaired) electrons. The number of hydrogen-bond donors (Lipinski definition) is 1. The van der Waals surface area contributed by atoms with Gasteiger partial charge in [-0.15, -0.1) is 0 Å². The standard InChI is InChI=1S/C39H27N3/c1-4-14-27(15-5-1)38-30-20-12-23-34(40-29-18-8-3-9-19-29)32(30)26-33-31(38)21-13-25-36(33)42-37-24-11-10-22-35(37)41-39(42)28-16-6-2-7-17-28/h1-26,40H. The predicted molar refractivity (Wildman–Crippen MR) is 177 cm³/mol. The van der Waals surface area contributed by atoms with Gasteiger partial charge in [0.2, 0.25) is 0 Å². The Labute approximate surface area is 244 Å². The molecule has 0 aliphatic carbocycles. The Hall–Kier alpha value is -5.67. The van der Waals surface area contributed by atoms with Crippen LogP contribution in [-0.4, -0.2) is 9.55 Å². The third kappa shape index (κ3) is 4.03. The Morgan fingerprint density at radius 2 is 1.10 bits per heavy atom. The van der Waals surface area contributed by atoms with Gasteiger partial charge < -0.3 is 5.32 Å². The molecule has 0 saturated heterocycles. The highest BCUT2D eigenvalue weighted by atomic mass is 15.1. The minimum Gasteiger partial charge on any atom is -0.355 e. The molecule has 0 bridgehead atoms. The average molecular weight is 538 g/mol. The Morgan fingerprint density at radius 3 is 1.86 bits per heavy atom. The quantitative estimate of drug-likeness (QED) is 0.221. The van der Waals surface area contributed by atoms with E-state index in [1.165, 1.54) is 32.7 Å². The maximum absolute atomic E-state index is 5.13. The van der Waals surface area contributed by atoms with Gasteiger partial charge in [0, 0.05) is 27.7 Å². The van der Waals surface area contributed by atoms with Gasteiger partial charge in [-0.05, 0) is 64.4 Å². The number of nitrogens with zero attached hydrogens (tertiary/aromatic N) is 2. The van der Waals surface area contributed by atoms with Crippen LogP contribution >= 0.6 is 0 Å². The van der Waals surface area contributed by atoms with Crippen LogP contribution in [0.2, 0.25) is 0 Å². The summed E-state index contributed by atoms with van der Waals surface area (Å²) in [7, 11) is 0. The van der Waals surface area contributed by atoms with E-state index in [-0.39, 0.29) is 0 Å². The lowest BCUT2D eigenvalue weighted by atomic mass is 9.90. The monoisotopic (exact) mass is 537 g/mol. The highest BCUT2D eigenvalue weighted by molar-refractivity contribution is 6.17. The predicted octanol–water partition coefficient (Wildman–Crippen LogP) is 10.4. The summed E-state index contributed by atoms with van der Waals surface area (Å²) in [5, 5.41) is 8.46. The van der Waals surface area contributed by atoms with Gasteiger partial charge in [0.15, 0.2) is 0 Å². The van der Waals surface area contributed by atoms with Gasteiger partial charge in [-0.1, -0.05) is 115 Å². The molecule has 0 spiro atoms. The second-order valence-corrected chi connectivity index (χ2v) is 10.5. The molecule has 1 heterocycles. The van der Waals surface area contributed by atoms with Crippen molar-refractivity contribution in [2.24, 2.45) is 0 Å². The molecule has 198 valence electrons. The lowest BCUT2D eigenvalue weighted by Gasteiger charge is -2.19. The Bertz CT molecular complexity index is 2200. The maximum atomic E-state index is 5.13. The second kappa shape index (κ2) is 10.1. The second-order valence-electron chi connectivity index (χ2n) is 10.5. The van der Waals surface area contributed by atoms with E-state index < -0.39 is 0 Å². The summed E-state index contributed by atoms with van der Waals surface area (Å²) in [5.41, 5.74) is 8.81. The molecule has 0 amide bonds. The Balaban J connectivity index is 1.49. The number of fused-ring (bicyclic) bond motifs is 3. The Morgan fingerprint density at radius 1 is 0.476 bits per heavy atom.